The second-order valence-electron chi connectivity index (χ2n) is 4.53. The maximum Gasteiger partial charge on any atom is 0.308 e. The molecular formula is C11H20N2O3. The van der Waals surface area contributed by atoms with Gasteiger partial charge < -0.3 is 15.7 Å². The van der Waals surface area contributed by atoms with Crippen molar-refractivity contribution >= 4 is 11.9 Å². The average Bonchev–Trinajstić information content (AvgIpc) is 2.65. The van der Waals surface area contributed by atoms with Crippen LogP contribution in [-0.4, -0.2) is 41.0 Å². The van der Waals surface area contributed by atoms with E-state index < -0.39 is 5.97 Å². The van der Waals surface area contributed by atoms with E-state index in [2.05, 4.69) is 0 Å². The third-order valence-corrected chi connectivity index (χ3v) is 2.94. The van der Waals surface area contributed by atoms with Crippen molar-refractivity contribution in [1.29, 1.82) is 0 Å². The summed E-state index contributed by atoms with van der Waals surface area (Å²) in [5.74, 6) is -1.12. The number of aliphatic carboxylic acids is 1. The molecule has 0 spiro atoms. The fourth-order valence-corrected chi connectivity index (χ4v) is 1.92. The van der Waals surface area contributed by atoms with Gasteiger partial charge in [-0.3, -0.25) is 9.59 Å². The lowest BCUT2D eigenvalue weighted by molar-refractivity contribution is -0.141. The van der Waals surface area contributed by atoms with E-state index in [1.54, 1.807) is 4.90 Å². The Balaban J connectivity index is 2.26. The van der Waals surface area contributed by atoms with Gasteiger partial charge in [-0.2, -0.15) is 0 Å². The first-order valence-corrected chi connectivity index (χ1v) is 5.77. The van der Waals surface area contributed by atoms with Gasteiger partial charge in [0.15, 0.2) is 0 Å². The number of nitrogens with two attached hydrogens (primary N) is 1. The number of hydrogen-bond donors (Lipinski definition) is 2. The molecule has 5 nitrogen and oxygen atoms in total. The van der Waals surface area contributed by atoms with Gasteiger partial charge in [0.2, 0.25) is 5.91 Å². The number of amides is 1. The summed E-state index contributed by atoms with van der Waals surface area (Å²) >= 11 is 0. The van der Waals surface area contributed by atoms with E-state index in [-0.39, 0.29) is 17.9 Å². The highest BCUT2D eigenvalue weighted by atomic mass is 16.4. The van der Waals surface area contributed by atoms with E-state index in [1.165, 1.54) is 0 Å². The monoisotopic (exact) mass is 228 g/mol. The molecule has 16 heavy (non-hydrogen) atoms. The molecule has 0 radical (unpaired) electrons. The van der Waals surface area contributed by atoms with Crippen LogP contribution in [0.4, 0.5) is 0 Å². The summed E-state index contributed by atoms with van der Waals surface area (Å²) in [6, 6.07) is 0.123. The van der Waals surface area contributed by atoms with E-state index in [4.69, 9.17) is 10.8 Å². The maximum absolute atomic E-state index is 11.7. The van der Waals surface area contributed by atoms with Crippen molar-refractivity contribution in [3.05, 3.63) is 0 Å². The molecule has 1 heterocycles. The summed E-state index contributed by atoms with van der Waals surface area (Å²) < 4.78 is 0. The van der Waals surface area contributed by atoms with Crippen LogP contribution < -0.4 is 5.73 Å². The highest BCUT2D eigenvalue weighted by Crippen LogP contribution is 2.17. The normalized spacial score (nSPS) is 22.1. The lowest BCUT2D eigenvalue weighted by Crippen LogP contribution is -2.30. The van der Waals surface area contributed by atoms with Gasteiger partial charge in [-0.15, -0.1) is 0 Å². The molecular weight excluding hydrogens is 208 g/mol. The van der Waals surface area contributed by atoms with Crippen LogP contribution in [0.5, 0.6) is 0 Å². The molecule has 0 aliphatic carbocycles. The molecule has 0 saturated carbocycles. The van der Waals surface area contributed by atoms with Crippen LogP contribution in [-0.2, 0) is 9.59 Å². The minimum atomic E-state index is -0.800. The SMILES string of the molecule is CC(N)CCCC(=O)N1CCC(C(=O)O)C1. The lowest BCUT2D eigenvalue weighted by atomic mass is 10.1. The van der Waals surface area contributed by atoms with Gasteiger partial charge in [0.1, 0.15) is 0 Å². The van der Waals surface area contributed by atoms with Gasteiger partial charge in [-0.1, -0.05) is 0 Å². The van der Waals surface area contributed by atoms with Crippen molar-refractivity contribution in [2.45, 2.75) is 38.6 Å². The van der Waals surface area contributed by atoms with Crippen LogP contribution in [0.15, 0.2) is 0 Å². The van der Waals surface area contributed by atoms with Crippen LogP contribution in [0.25, 0.3) is 0 Å². The van der Waals surface area contributed by atoms with Gasteiger partial charge in [0.25, 0.3) is 0 Å². The summed E-state index contributed by atoms with van der Waals surface area (Å²) in [4.78, 5) is 24.1. The van der Waals surface area contributed by atoms with E-state index >= 15 is 0 Å². The number of carbonyl (C=O) groups is 2. The third-order valence-electron chi connectivity index (χ3n) is 2.94. The smallest absolute Gasteiger partial charge is 0.308 e. The molecule has 1 fully saturated rings. The lowest BCUT2D eigenvalue weighted by Gasteiger charge is -2.15. The summed E-state index contributed by atoms with van der Waals surface area (Å²) in [6.07, 6.45) is 2.68. The molecule has 0 bridgehead atoms. The Morgan fingerprint density at radius 2 is 2.25 bits per heavy atom. The quantitative estimate of drug-likeness (QED) is 0.715. The molecule has 1 saturated heterocycles. The number of hydrogen-bond acceptors (Lipinski definition) is 3. The standard InChI is InChI=1S/C11H20N2O3/c1-8(12)3-2-4-10(14)13-6-5-9(7-13)11(15)16/h8-9H,2-7,12H2,1H3,(H,15,16). The van der Waals surface area contributed by atoms with E-state index in [1.807, 2.05) is 6.92 Å². The Kier molecular flexibility index (Phi) is 4.73. The third kappa shape index (κ3) is 3.81. The first kappa shape index (κ1) is 13.0. The Bertz CT molecular complexity index is 266. The predicted octanol–water partition coefficient (Wildman–Crippen LogP) is 0.437. The fraction of sp³-hybridized carbons (Fsp3) is 0.818. The largest absolute Gasteiger partial charge is 0.481 e. The highest BCUT2D eigenvalue weighted by Gasteiger charge is 2.30. The molecule has 1 amide bonds. The molecule has 5 heteroatoms. The van der Waals surface area contributed by atoms with Crippen LogP contribution in [0.2, 0.25) is 0 Å². The second kappa shape index (κ2) is 5.84. The highest BCUT2D eigenvalue weighted by molar-refractivity contribution is 5.78. The predicted molar refractivity (Wildman–Crippen MR) is 59.8 cm³/mol. The molecule has 2 unspecified atom stereocenters. The van der Waals surface area contributed by atoms with Gasteiger partial charge >= 0.3 is 5.97 Å². The van der Waals surface area contributed by atoms with Gasteiger partial charge in [0, 0.05) is 25.6 Å². The summed E-state index contributed by atoms with van der Waals surface area (Å²) in [5.41, 5.74) is 5.59. The Hall–Kier alpha value is -1.10. The Morgan fingerprint density at radius 3 is 2.75 bits per heavy atom. The first-order valence-electron chi connectivity index (χ1n) is 5.77. The molecule has 0 aromatic carbocycles. The maximum atomic E-state index is 11.7. The van der Waals surface area contributed by atoms with E-state index in [9.17, 15) is 9.59 Å². The number of carboxylic acid groups (broad SMARTS) is 1. The molecule has 1 rings (SSSR count). The second-order valence-corrected chi connectivity index (χ2v) is 4.53. The zero-order valence-electron chi connectivity index (χ0n) is 9.69. The van der Waals surface area contributed by atoms with Crippen molar-refractivity contribution in [1.82, 2.24) is 4.90 Å². The molecule has 1 aliphatic rings. The topological polar surface area (TPSA) is 83.6 Å². The molecule has 2 atom stereocenters. The number of carbonyl (C=O) groups excluding carboxylic acids is 1. The zero-order valence-corrected chi connectivity index (χ0v) is 9.69. The number of likely N-dealkylation sites (tertiary alicyclic amines) is 1. The van der Waals surface area contributed by atoms with Gasteiger partial charge in [-0.25, -0.2) is 0 Å². The van der Waals surface area contributed by atoms with Crippen molar-refractivity contribution in [2.75, 3.05) is 13.1 Å². The number of rotatable bonds is 5. The molecule has 3 N–H and O–H groups in total. The van der Waals surface area contributed by atoms with Crippen molar-refractivity contribution in [2.24, 2.45) is 11.7 Å². The minimum Gasteiger partial charge on any atom is -0.481 e. The van der Waals surface area contributed by atoms with Crippen LogP contribution in [0.1, 0.15) is 32.6 Å². The molecule has 1 aliphatic heterocycles. The fourth-order valence-electron chi connectivity index (χ4n) is 1.92. The summed E-state index contributed by atoms with van der Waals surface area (Å²) in [7, 11) is 0. The number of nitrogens with zero attached hydrogens (tertiary/aromatic N) is 1. The Labute approximate surface area is 95.6 Å². The van der Waals surface area contributed by atoms with Gasteiger partial charge in [0.05, 0.1) is 5.92 Å². The zero-order chi connectivity index (χ0) is 12.1. The van der Waals surface area contributed by atoms with Gasteiger partial charge in [-0.05, 0) is 26.2 Å². The van der Waals surface area contributed by atoms with Crippen molar-refractivity contribution in [3.63, 3.8) is 0 Å². The van der Waals surface area contributed by atoms with Crippen LogP contribution in [0.3, 0.4) is 0 Å². The molecule has 92 valence electrons. The molecule has 0 aromatic rings. The molecule has 0 aromatic heterocycles. The summed E-state index contributed by atoms with van der Waals surface area (Å²) in [6.45, 7) is 2.86. The Morgan fingerprint density at radius 1 is 1.56 bits per heavy atom. The van der Waals surface area contributed by atoms with Crippen LogP contribution in [0, 0.1) is 5.92 Å². The first-order chi connectivity index (χ1) is 7.50. The minimum absolute atomic E-state index is 0.0596. The number of carboxylic acids is 1. The van der Waals surface area contributed by atoms with Crippen molar-refractivity contribution < 1.29 is 14.7 Å². The summed E-state index contributed by atoms with van der Waals surface area (Å²) in [5, 5.41) is 8.81. The van der Waals surface area contributed by atoms with Crippen LogP contribution >= 0.6 is 0 Å². The average molecular weight is 228 g/mol. The van der Waals surface area contributed by atoms with Crippen molar-refractivity contribution in [3.8, 4) is 0 Å². The van der Waals surface area contributed by atoms with E-state index in [0.717, 1.165) is 12.8 Å². The van der Waals surface area contributed by atoms with E-state index in [0.29, 0.717) is 25.9 Å².